The fourth-order valence-electron chi connectivity index (χ4n) is 1.13. The van der Waals surface area contributed by atoms with Crippen molar-refractivity contribution in [3.8, 4) is 0 Å². The van der Waals surface area contributed by atoms with Gasteiger partial charge in [0.05, 0.1) is 6.17 Å². The van der Waals surface area contributed by atoms with Gasteiger partial charge in [0.2, 0.25) is 0 Å². The van der Waals surface area contributed by atoms with Crippen molar-refractivity contribution in [2.45, 2.75) is 19.0 Å². The number of nitrogens with one attached hydrogen (secondary N) is 2. The third-order valence-electron chi connectivity index (χ3n) is 1.73. The van der Waals surface area contributed by atoms with Gasteiger partial charge < -0.3 is 10.6 Å². The summed E-state index contributed by atoms with van der Waals surface area (Å²) in [5.41, 5.74) is 0. The van der Waals surface area contributed by atoms with Crippen LogP contribution in [-0.4, -0.2) is 32.8 Å². The second-order valence-electron chi connectivity index (χ2n) is 2.62. The van der Waals surface area contributed by atoms with Crippen LogP contribution in [0.25, 0.3) is 0 Å². The molecule has 59 valence electrons. The van der Waals surface area contributed by atoms with Crippen molar-refractivity contribution < 1.29 is 0 Å². The van der Waals surface area contributed by atoms with E-state index in [4.69, 9.17) is 0 Å². The van der Waals surface area contributed by atoms with Crippen LogP contribution in [0.2, 0.25) is 0 Å². The Morgan fingerprint density at radius 1 is 1.70 bits per heavy atom. The summed E-state index contributed by atoms with van der Waals surface area (Å²) in [7, 11) is 1.98. The maximum absolute atomic E-state index is 4.42. The predicted octanol–water partition coefficient (Wildman–Crippen LogP) is -0.480. The Balaban J connectivity index is 2.02. The Labute approximate surface area is 62.6 Å². The second-order valence-corrected chi connectivity index (χ2v) is 2.62. The van der Waals surface area contributed by atoms with E-state index in [0.29, 0.717) is 6.17 Å². The molecular weight excluding hydrogens is 126 g/mol. The van der Waals surface area contributed by atoms with Crippen LogP contribution in [0.15, 0.2) is 0 Å². The molecule has 0 saturated carbocycles. The molecular formula is C7H16N3. The summed E-state index contributed by atoms with van der Waals surface area (Å²) in [4.78, 5) is 0. The lowest BCUT2D eigenvalue weighted by Gasteiger charge is -2.22. The Hall–Kier alpha value is -0.120. The number of hydrogen-bond acceptors (Lipinski definition) is 2. The molecule has 1 rings (SSSR count). The molecule has 1 aliphatic heterocycles. The van der Waals surface area contributed by atoms with Gasteiger partial charge in [-0.25, -0.2) is 5.32 Å². The van der Waals surface area contributed by atoms with Crippen LogP contribution in [-0.2, 0) is 0 Å². The van der Waals surface area contributed by atoms with Crippen LogP contribution in [0.5, 0.6) is 0 Å². The maximum Gasteiger partial charge on any atom is 0.0748 e. The van der Waals surface area contributed by atoms with Gasteiger partial charge in [-0.15, -0.1) is 0 Å². The molecule has 0 aromatic heterocycles. The van der Waals surface area contributed by atoms with Crippen molar-refractivity contribution >= 4 is 0 Å². The molecule has 3 nitrogen and oxygen atoms in total. The molecule has 1 fully saturated rings. The van der Waals surface area contributed by atoms with E-state index < -0.39 is 0 Å². The highest BCUT2D eigenvalue weighted by Crippen LogP contribution is 1.94. The highest BCUT2D eigenvalue weighted by Gasteiger charge is 2.10. The van der Waals surface area contributed by atoms with E-state index in [-0.39, 0.29) is 0 Å². The van der Waals surface area contributed by atoms with E-state index in [2.05, 4.69) is 16.0 Å². The van der Waals surface area contributed by atoms with Gasteiger partial charge in [0.25, 0.3) is 0 Å². The first-order chi connectivity index (χ1) is 4.93. The fraction of sp³-hybridized carbons (Fsp3) is 1.00. The molecule has 3 heteroatoms. The van der Waals surface area contributed by atoms with Gasteiger partial charge in [-0.2, -0.15) is 0 Å². The van der Waals surface area contributed by atoms with Crippen LogP contribution in [0.3, 0.4) is 0 Å². The maximum atomic E-state index is 4.42. The third-order valence-corrected chi connectivity index (χ3v) is 1.73. The molecule has 0 spiro atoms. The smallest absolute Gasteiger partial charge is 0.0748 e. The first kappa shape index (κ1) is 7.98. The van der Waals surface area contributed by atoms with Gasteiger partial charge in [-0.05, 0) is 33.0 Å². The zero-order valence-electron chi connectivity index (χ0n) is 6.56. The largest absolute Gasteiger partial charge is 0.320 e. The SMILES string of the molecule is CNCCC1[N]CCCN1. The average molecular weight is 142 g/mol. The van der Waals surface area contributed by atoms with Gasteiger partial charge in [-0.3, -0.25) is 0 Å². The highest BCUT2D eigenvalue weighted by atomic mass is 15.1. The number of nitrogens with zero attached hydrogens (tertiary/aromatic N) is 1. The second kappa shape index (κ2) is 4.66. The van der Waals surface area contributed by atoms with Crippen LogP contribution in [0, 0.1) is 0 Å². The van der Waals surface area contributed by atoms with Gasteiger partial charge >= 0.3 is 0 Å². The zero-order chi connectivity index (χ0) is 7.23. The molecule has 10 heavy (non-hydrogen) atoms. The highest BCUT2D eigenvalue weighted by molar-refractivity contribution is 4.69. The molecule has 1 aliphatic rings. The van der Waals surface area contributed by atoms with Crippen LogP contribution in [0.4, 0.5) is 0 Å². The van der Waals surface area contributed by atoms with E-state index in [1.54, 1.807) is 0 Å². The van der Waals surface area contributed by atoms with E-state index in [0.717, 1.165) is 26.1 Å². The molecule has 1 heterocycles. The van der Waals surface area contributed by atoms with Crippen molar-refractivity contribution in [1.29, 1.82) is 0 Å². The minimum absolute atomic E-state index is 0.418. The van der Waals surface area contributed by atoms with Crippen molar-refractivity contribution in [1.82, 2.24) is 16.0 Å². The minimum atomic E-state index is 0.418. The van der Waals surface area contributed by atoms with Crippen molar-refractivity contribution in [3.05, 3.63) is 0 Å². The quantitative estimate of drug-likeness (QED) is 0.558. The molecule has 0 bridgehead atoms. The van der Waals surface area contributed by atoms with E-state index in [1.165, 1.54) is 6.42 Å². The lowest BCUT2D eigenvalue weighted by atomic mass is 10.2. The summed E-state index contributed by atoms with van der Waals surface area (Å²) in [6, 6.07) is 0. The van der Waals surface area contributed by atoms with Crippen molar-refractivity contribution in [2.24, 2.45) is 0 Å². The van der Waals surface area contributed by atoms with E-state index >= 15 is 0 Å². The fourth-order valence-corrected chi connectivity index (χ4v) is 1.13. The molecule has 0 amide bonds. The monoisotopic (exact) mass is 142 g/mol. The molecule has 0 aromatic rings. The van der Waals surface area contributed by atoms with Gasteiger partial charge in [0.15, 0.2) is 0 Å². The molecule has 2 N–H and O–H groups in total. The van der Waals surface area contributed by atoms with E-state index in [9.17, 15) is 0 Å². The van der Waals surface area contributed by atoms with Gasteiger partial charge in [-0.1, -0.05) is 0 Å². The predicted molar refractivity (Wildman–Crippen MR) is 42.0 cm³/mol. The average Bonchev–Trinajstić information content (AvgIpc) is 2.03. The summed E-state index contributed by atoms with van der Waals surface area (Å²) >= 11 is 0. The van der Waals surface area contributed by atoms with Crippen LogP contribution in [0.1, 0.15) is 12.8 Å². The van der Waals surface area contributed by atoms with Gasteiger partial charge in [0, 0.05) is 6.54 Å². The Morgan fingerprint density at radius 3 is 3.20 bits per heavy atom. The van der Waals surface area contributed by atoms with E-state index in [1.807, 2.05) is 7.05 Å². The third kappa shape index (κ3) is 2.64. The zero-order valence-corrected chi connectivity index (χ0v) is 6.56. The molecule has 1 unspecified atom stereocenters. The molecule has 0 aromatic carbocycles. The lowest BCUT2D eigenvalue weighted by molar-refractivity contribution is 0.342. The number of rotatable bonds is 3. The van der Waals surface area contributed by atoms with Crippen molar-refractivity contribution in [3.63, 3.8) is 0 Å². The van der Waals surface area contributed by atoms with Crippen molar-refractivity contribution in [2.75, 3.05) is 26.7 Å². The summed E-state index contributed by atoms with van der Waals surface area (Å²) in [5, 5.41) is 10.9. The summed E-state index contributed by atoms with van der Waals surface area (Å²) in [6.07, 6.45) is 2.74. The number of hydrogen-bond donors (Lipinski definition) is 2. The molecule has 0 aliphatic carbocycles. The molecule has 1 saturated heterocycles. The summed E-state index contributed by atoms with van der Waals surface area (Å²) in [6.45, 7) is 3.24. The Morgan fingerprint density at radius 2 is 2.60 bits per heavy atom. The summed E-state index contributed by atoms with van der Waals surface area (Å²) in [5.74, 6) is 0. The Kier molecular flexibility index (Phi) is 3.72. The van der Waals surface area contributed by atoms with Crippen LogP contribution >= 0.6 is 0 Å². The first-order valence-electron chi connectivity index (χ1n) is 3.98. The normalized spacial score (nSPS) is 21.3. The standard InChI is InChI=1S/C7H16N3/c1-8-6-3-7-9-4-2-5-10-7/h7-9H,2-6H2,1H3. The van der Waals surface area contributed by atoms with Crippen LogP contribution < -0.4 is 16.0 Å². The summed E-state index contributed by atoms with van der Waals surface area (Å²) < 4.78 is 0. The minimum Gasteiger partial charge on any atom is -0.320 e. The van der Waals surface area contributed by atoms with Gasteiger partial charge in [0.1, 0.15) is 0 Å². The molecule has 1 atom stereocenters. The topological polar surface area (TPSA) is 38.2 Å². The molecule has 1 radical (unpaired) electrons. The first-order valence-corrected chi connectivity index (χ1v) is 3.98. The lowest BCUT2D eigenvalue weighted by Crippen LogP contribution is -2.45. The Bertz CT molecular complexity index is 78.9.